The molecule has 1 N–H and O–H groups in total. The number of anilines is 1. The summed E-state index contributed by atoms with van der Waals surface area (Å²) < 4.78 is 17.5. The normalized spacial score (nSPS) is 16.5. The zero-order valence-electron chi connectivity index (χ0n) is 22.5. The number of aromatic nitrogens is 1. The van der Waals surface area contributed by atoms with Gasteiger partial charge in [0.2, 0.25) is 0 Å². The van der Waals surface area contributed by atoms with Gasteiger partial charge in [0.15, 0.2) is 5.13 Å². The lowest BCUT2D eigenvalue weighted by atomic mass is 9.95. The largest absolute Gasteiger partial charge is 0.507 e. The van der Waals surface area contributed by atoms with E-state index in [0.29, 0.717) is 52.2 Å². The number of amides is 1. The molecule has 1 fully saturated rings. The fraction of sp³-hybridized carbons (Fsp3) is 0.258. The number of aliphatic hydroxyl groups is 1. The molecule has 9 heteroatoms. The summed E-state index contributed by atoms with van der Waals surface area (Å²) in [5.41, 5.74) is 1.71. The molecule has 0 radical (unpaired) electrons. The maximum Gasteiger partial charge on any atom is 0.301 e. The molecular formula is C31H30N2O6S. The van der Waals surface area contributed by atoms with Crippen LogP contribution in [0.15, 0.2) is 72.3 Å². The summed E-state index contributed by atoms with van der Waals surface area (Å²) in [6, 6.07) is 18.6. The molecule has 1 unspecified atom stereocenters. The van der Waals surface area contributed by atoms with Crippen molar-refractivity contribution < 1.29 is 28.9 Å². The van der Waals surface area contributed by atoms with Gasteiger partial charge in [-0.15, -0.1) is 0 Å². The predicted octanol–water partition coefficient (Wildman–Crippen LogP) is 6.51. The molecule has 2 heterocycles. The minimum Gasteiger partial charge on any atom is -0.507 e. The third kappa shape index (κ3) is 5.24. The van der Waals surface area contributed by atoms with Crippen LogP contribution in [-0.4, -0.2) is 42.1 Å². The second-order valence-electron chi connectivity index (χ2n) is 9.29. The van der Waals surface area contributed by atoms with Crippen LogP contribution in [0.5, 0.6) is 17.2 Å². The van der Waals surface area contributed by atoms with Crippen LogP contribution in [0.4, 0.5) is 5.13 Å². The maximum absolute atomic E-state index is 13.5. The van der Waals surface area contributed by atoms with Gasteiger partial charge in [0, 0.05) is 5.56 Å². The first-order valence-corrected chi connectivity index (χ1v) is 14.0. The summed E-state index contributed by atoms with van der Waals surface area (Å²) in [6.45, 7) is 5.19. The van der Waals surface area contributed by atoms with Crippen molar-refractivity contribution >= 4 is 44.1 Å². The zero-order valence-corrected chi connectivity index (χ0v) is 23.4. The SMILES string of the molecule is CCCOc1ccc(C(O)=C2C(=O)C(=O)N(c3nc4ccc(OC)cc4s3)C2c2ccc(OCCC)cc2)cc1. The van der Waals surface area contributed by atoms with Gasteiger partial charge in [0.1, 0.15) is 23.0 Å². The molecule has 1 aliphatic heterocycles. The van der Waals surface area contributed by atoms with E-state index in [2.05, 4.69) is 4.98 Å². The van der Waals surface area contributed by atoms with Crippen molar-refractivity contribution in [1.82, 2.24) is 4.98 Å². The Morgan fingerprint density at radius 2 is 1.50 bits per heavy atom. The first-order valence-electron chi connectivity index (χ1n) is 13.2. The van der Waals surface area contributed by atoms with Crippen LogP contribution in [0.2, 0.25) is 0 Å². The Kier molecular flexibility index (Phi) is 8.02. The molecule has 206 valence electrons. The van der Waals surface area contributed by atoms with Crippen molar-refractivity contribution in [1.29, 1.82) is 0 Å². The molecule has 0 aliphatic carbocycles. The second kappa shape index (κ2) is 11.8. The van der Waals surface area contributed by atoms with Crippen LogP contribution in [0.1, 0.15) is 43.9 Å². The molecule has 0 bridgehead atoms. The number of carbonyl (C=O) groups excluding carboxylic acids is 2. The molecule has 1 saturated heterocycles. The average Bonchev–Trinajstić information content (AvgIpc) is 3.52. The lowest BCUT2D eigenvalue weighted by molar-refractivity contribution is -0.132. The van der Waals surface area contributed by atoms with Gasteiger partial charge in [-0.05, 0) is 73.0 Å². The number of ketones is 1. The maximum atomic E-state index is 13.5. The van der Waals surface area contributed by atoms with Crippen LogP contribution in [0.3, 0.4) is 0 Å². The van der Waals surface area contributed by atoms with Gasteiger partial charge in [-0.1, -0.05) is 37.3 Å². The summed E-state index contributed by atoms with van der Waals surface area (Å²) >= 11 is 1.28. The number of methoxy groups -OCH3 is 1. The number of nitrogens with zero attached hydrogens (tertiary/aromatic N) is 2. The Labute approximate surface area is 236 Å². The van der Waals surface area contributed by atoms with E-state index < -0.39 is 17.7 Å². The molecule has 1 aliphatic rings. The van der Waals surface area contributed by atoms with E-state index in [4.69, 9.17) is 14.2 Å². The number of Topliss-reactive ketones (excluding diaryl/α,β-unsaturated/α-hetero) is 1. The van der Waals surface area contributed by atoms with E-state index in [1.54, 1.807) is 61.7 Å². The van der Waals surface area contributed by atoms with E-state index in [9.17, 15) is 14.7 Å². The summed E-state index contributed by atoms with van der Waals surface area (Å²) in [4.78, 5) is 33.1. The molecule has 1 atom stereocenters. The number of rotatable bonds is 10. The van der Waals surface area contributed by atoms with Gasteiger partial charge < -0.3 is 19.3 Å². The van der Waals surface area contributed by atoms with Gasteiger partial charge in [-0.2, -0.15) is 0 Å². The van der Waals surface area contributed by atoms with Crippen LogP contribution in [0.25, 0.3) is 16.0 Å². The van der Waals surface area contributed by atoms with E-state index in [0.717, 1.165) is 17.5 Å². The molecule has 3 aromatic carbocycles. The number of benzene rings is 3. The zero-order chi connectivity index (χ0) is 28.2. The van der Waals surface area contributed by atoms with Crippen molar-refractivity contribution in [3.05, 3.63) is 83.4 Å². The molecule has 1 aromatic heterocycles. The Balaban J connectivity index is 1.61. The summed E-state index contributed by atoms with van der Waals surface area (Å²) in [7, 11) is 1.58. The standard InChI is InChI=1S/C31H30N2O6S/c1-4-16-38-21-10-6-19(7-11-21)27-26(28(34)20-8-12-22(13-9-20)39-17-5-2)29(35)30(36)33(27)31-32-24-15-14-23(37-3)18-25(24)40-31/h6-15,18,27,34H,4-5,16-17H2,1-3H3. The Bertz CT molecular complexity index is 1560. The van der Waals surface area contributed by atoms with E-state index >= 15 is 0 Å². The van der Waals surface area contributed by atoms with Crippen molar-refractivity contribution in [3.8, 4) is 17.2 Å². The van der Waals surface area contributed by atoms with Crippen molar-refractivity contribution in [3.63, 3.8) is 0 Å². The molecule has 5 rings (SSSR count). The Morgan fingerprint density at radius 1 is 0.900 bits per heavy atom. The number of hydrogen-bond acceptors (Lipinski definition) is 8. The highest BCUT2D eigenvalue weighted by atomic mass is 32.1. The number of fused-ring (bicyclic) bond motifs is 1. The predicted molar refractivity (Wildman–Crippen MR) is 155 cm³/mol. The average molecular weight is 559 g/mol. The first-order chi connectivity index (χ1) is 19.4. The minimum absolute atomic E-state index is 0.00807. The molecule has 40 heavy (non-hydrogen) atoms. The Hall–Kier alpha value is -4.37. The van der Waals surface area contributed by atoms with Crippen LogP contribution < -0.4 is 19.1 Å². The molecule has 8 nitrogen and oxygen atoms in total. The highest BCUT2D eigenvalue weighted by Crippen LogP contribution is 2.45. The van der Waals surface area contributed by atoms with Gasteiger partial charge in [-0.3, -0.25) is 14.5 Å². The monoisotopic (exact) mass is 558 g/mol. The second-order valence-corrected chi connectivity index (χ2v) is 10.3. The summed E-state index contributed by atoms with van der Waals surface area (Å²) in [5.74, 6) is 0.196. The molecular weight excluding hydrogens is 528 g/mol. The van der Waals surface area contributed by atoms with E-state index in [1.165, 1.54) is 16.2 Å². The van der Waals surface area contributed by atoms with E-state index in [-0.39, 0.29) is 11.3 Å². The van der Waals surface area contributed by atoms with Crippen LogP contribution in [0, 0.1) is 0 Å². The summed E-state index contributed by atoms with van der Waals surface area (Å²) in [6.07, 6.45) is 1.73. The van der Waals surface area contributed by atoms with Crippen LogP contribution in [-0.2, 0) is 9.59 Å². The van der Waals surface area contributed by atoms with Crippen molar-refractivity contribution in [2.24, 2.45) is 0 Å². The van der Waals surface area contributed by atoms with Gasteiger partial charge >= 0.3 is 5.91 Å². The number of aliphatic hydroxyl groups excluding tert-OH is 1. The number of ether oxygens (including phenoxy) is 3. The first kappa shape index (κ1) is 27.2. The lowest BCUT2D eigenvalue weighted by Crippen LogP contribution is -2.29. The smallest absolute Gasteiger partial charge is 0.301 e. The highest BCUT2D eigenvalue weighted by molar-refractivity contribution is 7.22. The van der Waals surface area contributed by atoms with Crippen molar-refractivity contribution in [2.45, 2.75) is 32.7 Å². The highest BCUT2D eigenvalue weighted by Gasteiger charge is 2.48. The quantitative estimate of drug-likeness (QED) is 0.135. The number of carbonyl (C=O) groups is 2. The van der Waals surface area contributed by atoms with Crippen LogP contribution >= 0.6 is 11.3 Å². The van der Waals surface area contributed by atoms with Gasteiger partial charge in [0.05, 0.1) is 42.2 Å². The molecule has 4 aromatic rings. The topological polar surface area (TPSA) is 98.2 Å². The van der Waals surface area contributed by atoms with E-state index in [1.807, 2.05) is 26.0 Å². The fourth-order valence-electron chi connectivity index (χ4n) is 4.52. The third-order valence-electron chi connectivity index (χ3n) is 6.50. The third-order valence-corrected chi connectivity index (χ3v) is 7.52. The fourth-order valence-corrected chi connectivity index (χ4v) is 5.54. The Morgan fingerprint density at radius 3 is 2.10 bits per heavy atom. The molecule has 1 amide bonds. The minimum atomic E-state index is -0.890. The van der Waals surface area contributed by atoms with Gasteiger partial charge in [-0.25, -0.2) is 4.98 Å². The lowest BCUT2D eigenvalue weighted by Gasteiger charge is -2.23. The molecule has 0 spiro atoms. The van der Waals surface area contributed by atoms with Crippen molar-refractivity contribution in [2.75, 3.05) is 25.2 Å². The number of hydrogen-bond donors (Lipinski definition) is 1. The van der Waals surface area contributed by atoms with Gasteiger partial charge in [0.25, 0.3) is 5.78 Å². The number of thiazole rings is 1. The summed E-state index contributed by atoms with van der Waals surface area (Å²) in [5, 5.41) is 11.8. The molecule has 0 saturated carbocycles.